The van der Waals surface area contributed by atoms with Gasteiger partial charge in [-0.05, 0) is 54.7 Å². The molecule has 0 amide bonds. The molecule has 2 fully saturated rings. The summed E-state index contributed by atoms with van der Waals surface area (Å²) in [6.45, 7) is 5.26. The Bertz CT molecular complexity index is 433. The summed E-state index contributed by atoms with van der Waals surface area (Å²) in [5.41, 5.74) is 1.68. The van der Waals surface area contributed by atoms with E-state index in [0.717, 1.165) is 32.6 Å². The Morgan fingerprint density at radius 1 is 1.20 bits per heavy atom. The number of hydrogen-bond donors (Lipinski definition) is 1. The summed E-state index contributed by atoms with van der Waals surface area (Å²) in [6, 6.07) is 7.62. The second-order valence-corrected chi connectivity index (χ2v) is 6.72. The Morgan fingerprint density at radius 3 is 2.50 bits per heavy atom. The molecular weight excluding hydrogens is 253 g/mol. The molecule has 20 heavy (non-hydrogen) atoms. The molecule has 1 saturated heterocycles. The molecule has 110 valence electrons. The van der Waals surface area contributed by atoms with Crippen molar-refractivity contribution in [1.82, 2.24) is 5.32 Å². The van der Waals surface area contributed by atoms with E-state index in [2.05, 4.69) is 12.2 Å². The van der Waals surface area contributed by atoms with Gasteiger partial charge in [-0.1, -0.05) is 19.1 Å². The Morgan fingerprint density at radius 2 is 1.85 bits per heavy atom. The van der Waals surface area contributed by atoms with Gasteiger partial charge in [0.25, 0.3) is 0 Å². The number of benzene rings is 1. The van der Waals surface area contributed by atoms with Crippen LogP contribution in [-0.4, -0.2) is 25.8 Å². The Labute approximate surface area is 120 Å². The second kappa shape index (κ2) is 5.82. The van der Waals surface area contributed by atoms with Crippen molar-refractivity contribution in [2.24, 2.45) is 5.41 Å². The number of ether oxygens (including phenoxy) is 1. The maximum absolute atomic E-state index is 12.9. The van der Waals surface area contributed by atoms with E-state index in [1.807, 2.05) is 12.1 Å². The van der Waals surface area contributed by atoms with Crippen LogP contribution in [0.2, 0.25) is 0 Å². The lowest BCUT2D eigenvalue weighted by Crippen LogP contribution is -2.46. The van der Waals surface area contributed by atoms with E-state index in [1.165, 1.54) is 18.4 Å². The van der Waals surface area contributed by atoms with Crippen LogP contribution >= 0.6 is 0 Å². The highest BCUT2D eigenvalue weighted by atomic mass is 19.1. The maximum atomic E-state index is 12.9. The number of rotatable bonds is 4. The molecule has 3 heteroatoms. The summed E-state index contributed by atoms with van der Waals surface area (Å²) in [7, 11) is 0. The van der Waals surface area contributed by atoms with Gasteiger partial charge in [-0.25, -0.2) is 4.39 Å². The summed E-state index contributed by atoms with van der Waals surface area (Å²) in [4.78, 5) is 0. The van der Waals surface area contributed by atoms with E-state index >= 15 is 0 Å². The first kappa shape index (κ1) is 14.0. The van der Waals surface area contributed by atoms with Gasteiger partial charge in [0, 0.05) is 25.8 Å². The zero-order valence-corrected chi connectivity index (χ0v) is 12.2. The third-order valence-electron chi connectivity index (χ3n) is 5.00. The van der Waals surface area contributed by atoms with Crippen LogP contribution < -0.4 is 5.32 Å². The summed E-state index contributed by atoms with van der Waals surface area (Å²) >= 11 is 0. The predicted molar refractivity (Wildman–Crippen MR) is 78.3 cm³/mol. The molecule has 0 radical (unpaired) electrons. The molecule has 1 aliphatic carbocycles. The molecular formula is C17H24FNO. The van der Waals surface area contributed by atoms with E-state index in [1.54, 1.807) is 12.1 Å². The first-order valence-corrected chi connectivity index (χ1v) is 7.71. The van der Waals surface area contributed by atoms with Crippen LogP contribution in [0.1, 0.15) is 44.1 Å². The lowest BCUT2D eigenvalue weighted by Gasteiger charge is -2.40. The van der Waals surface area contributed by atoms with Crippen molar-refractivity contribution in [3.8, 4) is 0 Å². The highest BCUT2D eigenvalue weighted by Crippen LogP contribution is 2.38. The summed E-state index contributed by atoms with van der Waals surface area (Å²) in [6.07, 6.45) is 4.68. The molecule has 1 aromatic carbocycles. The molecule has 1 N–H and O–H groups in total. The first-order chi connectivity index (χ1) is 9.65. The quantitative estimate of drug-likeness (QED) is 0.910. The molecule has 0 spiro atoms. The topological polar surface area (TPSA) is 21.3 Å². The molecule has 0 unspecified atom stereocenters. The molecule has 0 atom stereocenters. The maximum Gasteiger partial charge on any atom is 0.123 e. The summed E-state index contributed by atoms with van der Waals surface area (Å²) < 4.78 is 18.3. The van der Waals surface area contributed by atoms with E-state index < -0.39 is 0 Å². The van der Waals surface area contributed by atoms with E-state index in [4.69, 9.17) is 4.74 Å². The minimum Gasteiger partial charge on any atom is -0.381 e. The fourth-order valence-corrected chi connectivity index (χ4v) is 3.22. The van der Waals surface area contributed by atoms with Crippen molar-refractivity contribution >= 4 is 0 Å². The van der Waals surface area contributed by atoms with Crippen LogP contribution in [0, 0.1) is 11.2 Å². The van der Waals surface area contributed by atoms with Crippen LogP contribution in [0.25, 0.3) is 0 Å². The standard InChI is InChI=1S/C17H24FNO/c1-17(6-8-20-9-7-17)12-19-16-10-14(11-16)13-2-4-15(18)5-3-13/h2-5,14,16,19H,6-12H2,1H3. The van der Waals surface area contributed by atoms with Gasteiger partial charge in [0.2, 0.25) is 0 Å². The molecule has 0 bridgehead atoms. The summed E-state index contributed by atoms with van der Waals surface area (Å²) in [5.74, 6) is 0.464. The second-order valence-electron chi connectivity index (χ2n) is 6.72. The van der Waals surface area contributed by atoms with Crippen LogP contribution in [-0.2, 0) is 4.74 Å². The van der Waals surface area contributed by atoms with Crippen molar-refractivity contribution in [3.63, 3.8) is 0 Å². The molecule has 3 rings (SSSR count). The Balaban J connectivity index is 1.43. The van der Waals surface area contributed by atoms with Crippen LogP contribution in [0.4, 0.5) is 4.39 Å². The van der Waals surface area contributed by atoms with Gasteiger partial charge in [0.15, 0.2) is 0 Å². The van der Waals surface area contributed by atoms with Crippen molar-refractivity contribution in [3.05, 3.63) is 35.6 Å². The Kier molecular flexibility index (Phi) is 4.08. The molecule has 2 aliphatic rings. The average Bonchev–Trinajstić information content (AvgIpc) is 2.40. The predicted octanol–water partition coefficient (Wildman–Crippen LogP) is 3.48. The average molecular weight is 277 g/mol. The van der Waals surface area contributed by atoms with E-state index in [-0.39, 0.29) is 5.82 Å². The van der Waals surface area contributed by atoms with Crippen LogP contribution in [0.3, 0.4) is 0 Å². The minimum atomic E-state index is -0.143. The first-order valence-electron chi connectivity index (χ1n) is 7.71. The van der Waals surface area contributed by atoms with Gasteiger partial charge >= 0.3 is 0 Å². The SMILES string of the molecule is CC1(CNC2CC(c3ccc(F)cc3)C2)CCOCC1. The molecule has 1 heterocycles. The number of nitrogens with one attached hydrogen (secondary N) is 1. The summed E-state index contributed by atoms with van der Waals surface area (Å²) in [5, 5.41) is 3.71. The van der Waals surface area contributed by atoms with Gasteiger partial charge < -0.3 is 10.1 Å². The fraction of sp³-hybridized carbons (Fsp3) is 0.647. The van der Waals surface area contributed by atoms with Crippen molar-refractivity contribution in [2.75, 3.05) is 19.8 Å². The zero-order chi connectivity index (χ0) is 14.0. The zero-order valence-electron chi connectivity index (χ0n) is 12.2. The lowest BCUT2D eigenvalue weighted by atomic mass is 9.75. The largest absolute Gasteiger partial charge is 0.381 e. The van der Waals surface area contributed by atoms with Crippen molar-refractivity contribution < 1.29 is 9.13 Å². The Hall–Kier alpha value is -0.930. The molecule has 1 saturated carbocycles. The van der Waals surface area contributed by atoms with Gasteiger partial charge in [0.05, 0.1) is 0 Å². The minimum absolute atomic E-state index is 0.143. The number of halogens is 1. The normalized spacial score (nSPS) is 28.9. The third kappa shape index (κ3) is 3.21. The van der Waals surface area contributed by atoms with Crippen molar-refractivity contribution in [2.45, 2.75) is 44.6 Å². The highest BCUT2D eigenvalue weighted by Gasteiger charge is 2.33. The van der Waals surface area contributed by atoms with Gasteiger partial charge in [0.1, 0.15) is 5.82 Å². The smallest absolute Gasteiger partial charge is 0.123 e. The van der Waals surface area contributed by atoms with Gasteiger partial charge in [-0.15, -0.1) is 0 Å². The molecule has 1 aliphatic heterocycles. The molecule has 0 aromatic heterocycles. The van der Waals surface area contributed by atoms with Crippen LogP contribution in [0.15, 0.2) is 24.3 Å². The third-order valence-corrected chi connectivity index (χ3v) is 5.00. The fourth-order valence-electron chi connectivity index (χ4n) is 3.22. The molecule has 2 nitrogen and oxygen atoms in total. The van der Waals surface area contributed by atoms with Gasteiger partial charge in [-0.3, -0.25) is 0 Å². The van der Waals surface area contributed by atoms with E-state index in [0.29, 0.717) is 17.4 Å². The molecule has 1 aromatic rings. The monoisotopic (exact) mass is 277 g/mol. The van der Waals surface area contributed by atoms with E-state index in [9.17, 15) is 4.39 Å². The van der Waals surface area contributed by atoms with Crippen LogP contribution in [0.5, 0.6) is 0 Å². The van der Waals surface area contributed by atoms with Crippen molar-refractivity contribution in [1.29, 1.82) is 0 Å². The highest BCUT2D eigenvalue weighted by molar-refractivity contribution is 5.23. The van der Waals surface area contributed by atoms with Gasteiger partial charge in [-0.2, -0.15) is 0 Å². The number of hydrogen-bond acceptors (Lipinski definition) is 2. The lowest BCUT2D eigenvalue weighted by molar-refractivity contribution is 0.0211.